The normalized spacial score (nSPS) is 28.5. The Labute approximate surface area is 93.3 Å². The maximum absolute atomic E-state index is 5.81. The Morgan fingerprint density at radius 2 is 1.87 bits per heavy atom. The van der Waals surface area contributed by atoms with E-state index in [1.54, 1.807) is 0 Å². The van der Waals surface area contributed by atoms with Crippen molar-refractivity contribution in [2.24, 2.45) is 0 Å². The molecule has 2 heteroatoms. The van der Waals surface area contributed by atoms with E-state index in [1.165, 1.54) is 0 Å². The molecule has 0 spiro atoms. The molecule has 0 aromatic heterocycles. The van der Waals surface area contributed by atoms with Crippen LogP contribution in [0.5, 0.6) is 0 Å². The number of rotatable bonds is 3. The first-order valence-electron chi connectivity index (χ1n) is 5.93. The first-order chi connectivity index (χ1) is 7.09. The summed E-state index contributed by atoms with van der Waals surface area (Å²) in [7, 11) is 0. The number of hydrogen-bond donors (Lipinski definition) is 0. The maximum atomic E-state index is 5.81. The van der Waals surface area contributed by atoms with E-state index >= 15 is 0 Å². The minimum Gasteiger partial charge on any atom is -0.343 e. The van der Waals surface area contributed by atoms with Crippen molar-refractivity contribution in [1.29, 1.82) is 0 Å². The smallest absolute Gasteiger partial charge is 0.165 e. The van der Waals surface area contributed by atoms with Crippen molar-refractivity contribution >= 4 is 0 Å². The maximum Gasteiger partial charge on any atom is 0.165 e. The number of ether oxygens (including phenoxy) is 2. The average molecular weight is 210 g/mol. The molecular weight excluding hydrogens is 188 g/mol. The van der Waals surface area contributed by atoms with Crippen LogP contribution in [-0.2, 0) is 9.47 Å². The van der Waals surface area contributed by atoms with Gasteiger partial charge in [-0.1, -0.05) is 26.2 Å². The van der Waals surface area contributed by atoms with Crippen molar-refractivity contribution in [1.82, 2.24) is 0 Å². The largest absolute Gasteiger partial charge is 0.343 e. The highest BCUT2D eigenvalue weighted by Crippen LogP contribution is 2.30. The zero-order valence-electron chi connectivity index (χ0n) is 10.3. The fourth-order valence-electron chi connectivity index (χ4n) is 1.75. The Morgan fingerprint density at radius 3 is 2.47 bits per heavy atom. The molecule has 1 unspecified atom stereocenters. The average Bonchev–Trinajstić information content (AvgIpc) is 2.42. The van der Waals surface area contributed by atoms with Gasteiger partial charge in [-0.25, -0.2) is 0 Å². The summed E-state index contributed by atoms with van der Waals surface area (Å²) in [5.41, 5.74) is 0. The first-order valence-corrected chi connectivity index (χ1v) is 5.93. The summed E-state index contributed by atoms with van der Waals surface area (Å²) in [5.74, 6) is 5.86. The van der Waals surface area contributed by atoms with Crippen molar-refractivity contribution in [2.75, 3.05) is 0 Å². The van der Waals surface area contributed by atoms with Gasteiger partial charge in [-0.3, -0.25) is 0 Å². The molecule has 0 amide bonds. The topological polar surface area (TPSA) is 18.5 Å². The molecule has 0 N–H and O–H groups in total. The lowest BCUT2D eigenvalue weighted by Gasteiger charge is -2.16. The molecule has 1 heterocycles. The van der Waals surface area contributed by atoms with Crippen LogP contribution in [0.25, 0.3) is 0 Å². The summed E-state index contributed by atoms with van der Waals surface area (Å²) >= 11 is 0. The summed E-state index contributed by atoms with van der Waals surface area (Å²) in [4.78, 5) is 0. The lowest BCUT2D eigenvalue weighted by atomic mass is 10.1. The highest BCUT2D eigenvalue weighted by Gasteiger charge is 2.39. The molecule has 15 heavy (non-hydrogen) atoms. The summed E-state index contributed by atoms with van der Waals surface area (Å²) in [6, 6.07) is 0. The predicted octanol–water partition coefficient (Wildman–Crippen LogP) is 3.11. The molecule has 1 fully saturated rings. The second-order valence-corrected chi connectivity index (χ2v) is 4.45. The molecule has 2 atom stereocenters. The van der Waals surface area contributed by atoms with Gasteiger partial charge >= 0.3 is 0 Å². The second kappa shape index (κ2) is 5.53. The standard InChI is InChI=1S/C13H22O2/c1-5-7-8-10-12-11(9-6-2)14-13(3,4)15-12/h11-12H,5-7,9H2,1-4H3/t11?,12-/m1/s1. The van der Waals surface area contributed by atoms with Crippen LogP contribution in [0.15, 0.2) is 0 Å². The Morgan fingerprint density at radius 1 is 1.13 bits per heavy atom. The third-order valence-corrected chi connectivity index (χ3v) is 2.38. The molecule has 0 aromatic carbocycles. The van der Waals surface area contributed by atoms with Crippen LogP contribution in [0.2, 0.25) is 0 Å². The summed E-state index contributed by atoms with van der Waals surface area (Å²) in [5, 5.41) is 0. The Bertz CT molecular complexity index is 247. The zero-order chi connectivity index (χ0) is 11.3. The van der Waals surface area contributed by atoms with Crippen molar-refractivity contribution < 1.29 is 9.47 Å². The second-order valence-electron chi connectivity index (χ2n) is 4.45. The van der Waals surface area contributed by atoms with E-state index in [1.807, 2.05) is 13.8 Å². The lowest BCUT2D eigenvalue weighted by Crippen LogP contribution is -2.21. The number of unbranched alkanes of at least 4 members (excludes halogenated alkanes) is 1. The molecule has 0 bridgehead atoms. The van der Waals surface area contributed by atoms with Crippen LogP contribution in [0, 0.1) is 11.8 Å². The third kappa shape index (κ3) is 3.85. The predicted molar refractivity (Wildman–Crippen MR) is 61.4 cm³/mol. The molecule has 1 aliphatic rings. The van der Waals surface area contributed by atoms with E-state index in [0.717, 1.165) is 25.7 Å². The van der Waals surface area contributed by atoms with Crippen molar-refractivity contribution in [3.63, 3.8) is 0 Å². The van der Waals surface area contributed by atoms with Crippen LogP contribution >= 0.6 is 0 Å². The van der Waals surface area contributed by atoms with Gasteiger partial charge in [-0.05, 0) is 26.7 Å². The Balaban J connectivity index is 2.57. The molecule has 2 nitrogen and oxygen atoms in total. The first kappa shape index (κ1) is 12.5. The van der Waals surface area contributed by atoms with E-state index < -0.39 is 5.79 Å². The van der Waals surface area contributed by atoms with Gasteiger partial charge in [0.05, 0.1) is 6.10 Å². The van der Waals surface area contributed by atoms with Gasteiger partial charge in [0.2, 0.25) is 0 Å². The monoisotopic (exact) mass is 210 g/mol. The fourth-order valence-corrected chi connectivity index (χ4v) is 1.75. The van der Waals surface area contributed by atoms with Gasteiger partial charge < -0.3 is 9.47 Å². The molecule has 1 aliphatic heterocycles. The molecule has 0 saturated carbocycles. The van der Waals surface area contributed by atoms with Gasteiger partial charge in [0, 0.05) is 6.42 Å². The summed E-state index contributed by atoms with van der Waals surface area (Å²) in [6.07, 6.45) is 4.29. The molecule has 0 aromatic rings. The minimum absolute atomic E-state index is 0.0356. The molecule has 0 aliphatic carbocycles. The van der Waals surface area contributed by atoms with Crippen LogP contribution < -0.4 is 0 Å². The molecule has 0 radical (unpaired) electrons. The lowest BCUT2D eigenvalue weighted by molar-refractivity contribution is -0.142. The van der Waals surface area contributed by atoms with Crippen molar-refractivity contribution in [3.8, 4) is 11.8 Å². The van der Waals surface area contributed by atoms with Crippen LogP contribution in [-0.4, -0.2) is 18.0 Å². The Kier molecular flexibility index (Phi) is 4.63. The zero-order valence-corrected chi connectivity index (χ0v) is 10.3. The van der Waals surface area contributed by atoms with E-state index in [4.69, 9.17) is 9.47 Å². The third-order valence-electron chi connectivity index (χ3n) is 2.38. The Hall–Kier alpha value is -0.520. The minimum atomic E-state index is -0.467. The quantitative estimate of drug-likeness (QED) is 0.666. The van der Waals surface area contributed by atoms with Crippen LogP contribution in [0.3, 0.4) is 0 Å². The van der Waals surface area contributed by atoms with Gasteiger partial charge in [-0.2, -0.15) is 0 Å². The number of hydrogen-bond acceptors (Lipinski definition) is 2. The summed E-state index contributed by atoms with van der Waals surface area (Å²) < 4.78 is 11.6. The van der Waals surface area contributed by atoms with Gasteiger partial charge in [0.15, 0.2) is 5.79 Å². The molecule has 1 saturated heterocycles. The van der Waals surface area contributed by atoms with Gasteiger partial charge in [0.1, 0.15) is 6.10 Å². The molecule has 1 rings (SSSR count). The van der Waals surface area contributed by atoms with Crippen molar-refractivity contribution in [2.45, 2.75) is 71.4 Å². The van der Waals surface area contributed by atoms with E-state index in [0.29, 0.717) is 0 Å². The van der Waals surface area contributed by atoms with Gasteiger partial charge in [-0.15, -0.1) is 5.92 Å². The fraction of sp³-hybridized carbons (Fsp3) is 0.846. The van der Waals surface area contributed by atoms with E-state index in [-0.39, 0.29) is 12.2 Å². The van der Waals surface area contributed by atoms with Crippen LogP contribution in [0.4, 0.5) is 0 Å². The molecular formula is C13H22O2. The highest BCUT2D eigenvalue weighted by atomic mass is 16.7. The van der Waals surface area contributed by atoms with Gasteiger partial charge in [0.25, 0.3) is 0 Å². The SMILES string of the molecule is CCCC#C[C@H]1OC(C)(C)OC1CCC. The highest BCUT2D eigenvalue weighted by molar-refractivity contribution is 5.09. The van der Waals surface area contributed by atoms with Crippen molar-refractivity contribution in [3.05, 3.63) is 0 Å². The summed E-state index contributed by atoms with van der Waals surface area (Å²) in [6.45, 7) is 8.20. The molecule has 86 valence electrons. The van der Waals surface area contributed by atoms with E-state index in [9.17, 15) is 0 Å². The van der Waals surface area contributed by atoms with E-state index in [2.05, 4.69) is 25.7 Å². The van der Waals surface area contributed by atoms with Crippen LogP contribution in [0.1, 0.15) is 53.4 Å².